The first-order chi connectivity index (χ1) is 5.85. The second-order valence-electron chi connectivity index (χ2n) is 2.77. The molecule has 0 radical (unpaired) electrons. The highest BCUT2D eigenvalue weighted by atomic mass is 16.8. The van der Waals surface area contributed by atoms with Gasteiger partial charge in [-0.2, -0.15) is 0 Å². The summed E-state index contributed by atoms with van der Waals surface area (Å²) in [5.41, 5.74) is 0. The van der Waals surface area contributed by atoms with Gasteiger partial charge in [-0.25, -0.2) is 0 Å². The van der Waals surface area contributed by atoms with Crippen molar-refractivity contribution >= 4 is 0 Å². The summed E-state index contributed by atoms with van der Waals surface area (Å²) in [5.74, 6) is -0.0227. The van der Waals surface area contributed by atoms with E-state index in [2.05, 4.69) is 0 Å². The average molecular weight is 166 g/mol. The van der Waals surface area contributed by atoms with Crippen LogP contribution in [0.5, 0.6) is 5.75 Å². The molecule has 2 rings (SSSR count). The second kappa shape index (κ2) is 2.77. The molecule has 0 aliphatic carbocycles. The van der Waals surface area contributed by atoms with E-state index in [4.69, 9.17) is 14.6 Å². The monoisotopic (exact) mass is 166 g/mol. The van der Waals surface area contributed by atoms with E-state index in [1.165, 1.54) is 0 Å². The molecule has 0 aromatic heterocycles. The molecule has 3 nitrogen and oxygen atoms in total. The number of aliphatic hydroxyl groups excluding tert-OH is 1. The normalized spacial score (nSPS) is 26.8. The number of benzene rings is 1. The van der Waals surface area contributed by atoms with Gasteiger partial charge < -0.3 is 14.6 Å². The molecule has 1 heterocycles. The van der Waals surface area contributed by atoms with Crippen molar-refractivity contribution in [3.8, 4) is 5.75 Å². The van der Waals surface area contributed by atoms with E-state index < -0.39 is 5.79 Å². The molecule has 0 amide bonds. The molecule has 1 N–H and O–H groups in total. The van der Waals surface area contributed by atoms with Gasteiger partial charge in [-0.15, -0.1) is 0 Å². The van der Waals surface area contributed by atoms with Crippen LogP contribution in [0.3, 0.4) is 0 Å². The lowest BCUT2D eigenvalue weighted by molar-refractivity contribution is 0.00855. The molecule has 12 heavy (non-hydrogen) atoms. The van der Waals surface area contributed by atoms with Crippen LogP contribution in [0.15, 0.2) is 30.3 Å². The van der Waals surface area contributed by atoms with Crippen LogP contribution >= 0.6 is 0 Å². The van der Waals surface area contributed by atoms with Gasteiger partial charge >= 0.3 is 0 Å². The van der Waals surface area contributed by atoms with Crippen molar-refractivity contribution in [1.29, 1.82) is 0 Å². The molecular formula is C9H10O3. The molecule has 0 spiro atoms. The van der Waals surface area contributed by atoms with Gasteiger partial charge in [-0.3, -0.25) is 0 Å². The number of rotatable bonds is 3. The highest BCUT2D eigenvalue weighted by Crippen LogP contribution is 2.29. The fourth-order valence-corrected chi connectivity index (χ4v) is 0.966. The molecule has 1 aliphatic rings. The number of ether oxygens (including phenoxy) is 2. The van der Waals surface area contributed by atoms with E-state index in [0.717, 1.165) is 5.75 Å². The maximum atomic E-state index is 8.87. The van der Waals surface area contributed by atoms with Crippen LogP contribution in [0.25, 0.3) is 0 Å². The lowest BCUT2D eigenvalue weighted by Gasteiger charge is -2.10. The molecule has 0 saturated carbocycles. The first kappa shape index (κ1) is 7.58. The standard InChI is InChI=1S/C9H10O3/c10-6-9(7-11-9)12-8-4-2-1-3-5-8/h1-5,10H,6-7H2/t9-/m0/s1. The molecule has 3 heteroatoms. The fourth-order valence-electron chi connectivity index (χ4n) is 0.966. The van der Waals surface area contributed by atoms with Gasteiger partial charge in [0.15, 0.2) is 0 Å². The van der Waals surface area contributed by atoms with E-state index in [1.54, 1.807) is 0 Å². The lowest BCUT2D eigenvalue weighted by atomic mass is 10.3. The molecule has 1 aromatic carbocycles. The van der Waals surface area contributed by atoms with Gasteiger partial charge in [0, 0.05) is 0 Å². The Hall–Kier alpha value is -1.06. The SMILES string of the molecule is OC[C@]1(Oc2ccccc2)CO1. The zero-order valence-corrected chi connectivity index (χ0v) is 6.56. The van der Waals surface area contributed by atoms with Gasteiger partial charge in [-0.05, 0) is 12.1 Å². The molecule has 1 aromatic rings. The summed E-state index contributed by atoms with van der Waals surface area (Å²) >= 11 is 0. The zero-order chi connectivity index (χ0) is 8.44. The molecule has 0 unspecified atom stereocenters. The number of hydrogen-bond acceptors (Lipinski definition) is 3. The Morgan fingerprint density at radius 3 is 2.58 bits per heavy atom. The molecule has 1 saturated heterocycles. The fraction of sp³-hybridized carbons (Fsp3) is 0.333. The zero-order valence-electron chi connectivity index (χ0n) is 6.56. The predicted molar refractivity (Wildman–Crippen MR) is 42.8 cm³/mol. The second-order valence-corrected chi connectivity index (χ2v) is 2.77. The number of hydrogen-bond donors (Lipinski definition) is 1. The topological polar surface area (TPSA) is 42.0 Å². The maximum absolute atomic E-state index is 8.87. The van der Waals surface area contributed by atoms with Crippen molar-refractivity contribution in [2.45, 2.75) is 5.79 Å². The van der Waals surface area contributed by atoms with E-state index in [9.17, 15) is 0 Å². The minimum Gasteiger partial charge on any atom is -0.457 e. The first-order valence-corrected chi connectivity index (χ1v) is 3.84. The van der Waals surface area contributed by atoms with Crippen molar-refractivity contribution in [3.63, 3.8) is 0 Å². The number of epoxide rings is 1. The highest BCUT2D eigenvalue weighted by molar-refractivity contribution is 5.22. The number of aliphatic hydroxyl groups is 1. The molecule has 1 atom stereocenters. The van der Waals surface area contributed by atoms with Gasteiger partial charge in [0.1, 0.15) is 19.0 Å². The van der Waals surface area contributed by atoms with Crippen LogP contribution in [0.2, 0.25) is 0 Å². The van der Waals surface area contributed by atoms with Gasteiger partial charge in [-0.1, -0.05) is 18.2 Å². The minimum atomic E-state index is -0.749. The molecular weight excluding hydrogens is 156 g/mol. The quantitative estimate of drug-likeness (QED) is 0.675. The van der Waals surface area contributed by atoms with Crippen molar-refractivity contribution in [1.82, 2.24) is 0 Å². The Morgan fingerprint density at radius 2 is 2.08 bits per heavy atom. The molecule has 1 fully saturated rings. The summed E-state index contributed by atoms with van der Waals surface area (Å²) in [6.45, 7) is 0.375. The van der Waals surface area contributed by atoms with Gasteiger partial charge in [0.05, 0.1) is 0 Å². The van der Waals surface area contributed by atoms with Gasteiger partial charge in [0.25, 0.3) is 5.79 Å². The first-order valence-electron chi connectivity index (χ1n) is 3.84. The largest absolute Gasteiger partial charge is 0.457 e. The third kappa shape index (κ3) is 1.42. The summed E-state index contributed by atoms with van der Waals surface area (Å²) in [5, 5.41) is 8.87. The van der Waals surface area contributed by atoms with Crippen LogP contribution in [0.1, 0.15) is 0 Å². The van der Waals surface area contributed by atoms with E-state index >= 15 is 0 Å². The number of para-hydroxylation sites is 1. The summed E-state index contributed by atoms with van der Waals surface area (Å²) in [6.07, 6.45) is 0. The minimum absolute atomic E-state index is 0.0953. The third-order valence-electron chi connectivity index (χ3n) is 1.75. The van der Waals surface area contributed by atoms with E-state index in [0.29, 0.717) is 6.61 Å². The average Bonchev–Trinajstić information content (AvgIpc) is 2.88. The summed E-state index contributed by atoms with van der Waals surface area (Å²) in [4.78, 5) is 0. The summed E-state index contributed by atoms with van der Waals surface area (Å²) < 4.78 is 10.4. The van der Waals surface area contributed by atoms with Crippen LogP contribution < -0.4 is 4.74 Å². The Bertz CT molecular complexity index is 254. The van der Waals surface area contributed by atoms with Crippen LogP contribution in [0.4, 0.5) is 0 Å². The van der Waals surface area contributed by atoms with Crippen molar-refractivity contribution in [2.75, 3.05) is 13.2 Å². The van der Waals surface area contributed by atoms with E-state index in [1.807, 2.05) is 30.3 Å². The summed E-state index contributed by atoms with van der Waals surface area (Å²) in [7, 11) is 0. The third-order valence-corrected chi connectivity index (χ3v) is 1.75. The Balaban J connectivity index is 2.04. The van der Waals surface area contributed by atoms with E-state index in [-0.39, 0.29) is 6.61 Å². The van der Waals surface area contributed by atoms with Crippen molar-refractivity contribution < 1.29 is 14.6 Å². The Kier molecular flexibility index (Phi) is 1.75. The van der Waals surface area contributed by atoms with Crippen LogP contribution in [-0.2, 0) is 4.74 Å². The lowest BCUT2D eigenvalue weighted by Crippen LogP contribution is -2.24. The molecule has 64 valence electrons. The molecule has 0 bridgehead atoms. The van der Waals surface area contributed by atoms with Gasteiger partial charge in [0.2, 0.25) is 0 Å². The highest BCUT2D eigenvalue weighted by Gasteiger charge is 2.47. The Labute approximate surface area is 70.5 Å². The van der Waals surface area contributed by atoms with Crippen LogP contribution in [0, 0.1) is 0 Å². The maximum Gasteiger partial charge on any atom is 0.257 e. The van der Waals surface area contributed by atoms with Crippen LogP contribution in [-0.4, -0.2) is 24.1 Å². The summed E-state index contributed by atoms with van der Waals surface area (Å²) in [6, 6.07) is 9.33. The predicted octanol–water partition coefficient (Wildman–Crippen LogP) is 0.784. The molecule has 1 aliphatic heterocycles. The van der Waals surface area contributed by atoms with Crippen molar-refractivity contribution in [2.24, 2.45) is 0 Å². The smallest absolute Gasteiger partial charge is 0.257 e. The Morgan fingerprint density at radius 1 is 1.42 bits per heavy atom. The van der Waals surface area contributed by atoms with Crippen molar-refractivity contribution in [3.05, 3.63) is 30.3 Å².